The smallest absolute Gasteiger partial charge is 0.261 e. The van der Waals surface area contributed by atoms with Gasteiger partial charge in [-0.3, -0.25) is 0 Å². The second kappa shape index (κ2) is 30.6. The van der Waals surface area contributed by atoms with E-state index in [9.17, 15) is 0 Å². The Morgan fingerprint density at radius 3 is 1.22 bits per heavy atom. The van der Waals surface area contributed by atoms with Crippen LogP contribution in [0.4, 0.5) is 0 Å². The highest BCUT2D eigenvalue weighted by atomic mass is 28.4. The molecule has 0 N–H and O–H groups in total. The van der Waals surface area contributed by atoms with Crippen molar-refractivity contribution in [3.8, 4) is 0 Å². The number of benzene rings is 8. The molecule has 12 heteroatoms. The predicted octanol–water partition coefficient (Wildman–Crippen LogP) is 12.7. The summed E-state index contributed by atoms with van der Waals surface area (Å²) in [6.07, 6.45) is -5.38. The van der Waals surface area contributed by atoms with Crippen LogP contribution in [-0.4, -0.2) is 89.5 Å². The summed E-state index contributed by atoms with van der Waals surface area (Å²) in [7, 11) is -3.20. The number of hydrogen-bond acceptors (Lipinski definition) is 11. The van der Waals surface area contributed by atoms with Gasteiger partial charge in [0.1, 0.15) is 49.3 Å². The topological polar surface area (TPSA) is 102 Å². The Balaban J connectivity index is 1.12. The van der Waals surface area contributed by atoms with Crippen molar-refractivity contribution in [3.05, 3.63) is 289 Å². The molecule has 2 saturated heterocycles. The van der Waals surface area contributed by atoms with Gasteiger partial charge in [-0.1, -0.05) is 270 Å². The lowest BCUT2D eigenvalue weighted by Crippen LogP contribution is -2.67. The van der Waals surface area contributed by atoms with Crippen molar-refractivity contribution in [2.24, 2.45) is 0 Å². The molecular weight excluding hydrogens is 1080 g/mol. The molecule has 0 aliphatic carbocycles. The van der Waals surface area contributed by atoms with E-state index in [0.717, 1.165) is 43.8 Å². The average Bonchev–Trinajstić information content (AvgIpc) is 2.17. The average molecular weight is 1160 g/mol. The van der Waals surface area contributed by atoms with Gasteiger partial charge < -0.3 is 51.8 Å². The lowest BCUT2D eigenvalue weighted by molar-refractivity contribution is -0.398. The third-order valence-electron chi connectivity index (χ3n) is 15.6. The Labute approximate surface area is 503 Å². The number of rotatable bonds is 30. The summed E-state index contributed by atoms with van der Waals surface area (Å²) in [4.78, 5) is 0. The quantitative estimate of drug-likeness (QED) is 0.0244. The fourth-order valence-electron chi connectivity index (χ4n) is 11.4. The Bertz CT molecular complexity index is 3120. The van der Waals surface area contributed by atoms with Crippen LogP contribution in [0.2, 0.25) is 5.04 Å². The Kier molecular flexibility index (Phi) is 22.1. The van der Waals surface area contributed by atoms with Gasteiger partial charge >= 0.3 is 0 Å². The molecule has 8 aromatic rings. The van der Waals surface area contributed by atoms with E-state index in [0.29, 0.717) is 0 Å². The van der Waals surface area contributed by atoms with E-state index in [4.69, 9.17) is 51.8 Å². The van der Waals surface area contributed by atoms with Crippen LogP contribution in [0.1, 0.15) is 54.2 Å². The van der Waals surface area contributed by atoms with Gasteiger partial charge in [0.15, 0.2) is 6.29 Å². The van der Waals surface area contributed by atoms with Crippen LogP contribution in [0, 0.1) is 0 Å². The molecule has 2 heterocycles. The maximum absolute atomic E-state index is 7.84. The summed E-state index contributed by atoms with van der Waals surface area (Å²) in [5, 5.41) is 1.90. The van der Waals surface area contributed by atoms with Crippen LogP contribution < -0.4 is 10.4 Å². The molecule has 8 aromatic carbocycles. The minimum atomic E-state index is -3.20. The molecule has 11 nitrogen and oxygen atoms in total. The number of ether oxygens (including phenoxy) is 10. The van der Waals surface area contributed by atoms with Gasteiger partial charge in [0, 0.05) is 0 Å². The third-order valence-corrected chi connectivity index (χ3v) is 20.6. The molecule has 2 aliphatic rings. The number of hydrogen-bond donors (Lipinski definition) is 0. The van der Waals surface area contributed by atoms with Crippen LogP contribution in [-0.2, 0) is 91.4 Å². The second-order valence-corrected chi connectivity index (χ2v) is 27.0. The van der Waals surface area contributed by atoms with Crippen molar-refractivity contribution in [2.75, 3.05) is 26.4 Å². The highest BCUT2D eigenvalue weighted by molar-refractivity contribution is 6.99. The van der Waals surface area contributed by atoms with Crippen molar-refractivity contribution in [2.45, 2.75) is 120 Å². The Morgan fingerprint density at radius 2 is 0.800 bits per heavy atom. The molecule has 0 aromatic heterocycles. The molecule has 0 bridgehead atoms. The Morgan fingerprint density at radius 1 is 0.424 bits per heavy atom. The molecule has 0 spiro atoms. The zero-order chi connectivity index (χ0) is 58.6. The second-order valence-electron chi connectivity index (χ2n) is 22.7. The van der Waals surface area contributed by atoms with Crippen molar-refractivity contribution in [1.82, 2.24) is 0 Å². The van der Waals surface area contributed by atoms with E-state index < -0.39 is 63.1 Å². The first-order chi connectivity index (χ1) is 41.7. The largest absolute Gasteiger partial charge is 0.405 e. The summed E-state index contributed by atoms with van der Waals surface area (Å²) in [5.74, 6) is -1.78. The van der Waals surface area contributed by atoms with E-state index >= 15 is 0 Å². The molecule has 0 unspecified atom stereocenters. The normalized spacial score (nSPS) is 22.5. The van der Waals surface area contributed by atoms with Crippen LogP contribution in [0.5, 0.6) is 0 Å². The molecule has 442 valence electrons. The summed E-state index contributed by atoms with van der Waals surface area (Å²) in [6, 6.07) is 81.7. The Hall–Kier alpha value is -6.72. The van der Waals surface area contributed by atoms with Crippen LogP contribution >= 0.6 is 0 Å². The highest BCUT2D eigenvalue weighted by Crippen LogP contribution is 2.44. The predicted molar refractivity (Wildman–Crippen MR) is 333 cm³/mol. The zero-order valence-electron chi connectivity index (χ0n) is 49.1. The lowest BCUT2D eigenvalue weighted by atomic mass is 9.97. The van der Waals surface area contributed by atoms with Gasteiger partial charge in [0.05, 0.1) is 59.5 Å². The maximum atomic E-state index is 7.84. The minimum Gasteiger partial charge on any atom is -0.405 e. The van der Waals surface area contributed by atoms with Gasteiger partial charge in [-0.05, 0) is 48.8 Å². The van der Waals surface area contributed by atoms with Gasteiger partial charge in [-0.15, -0.1) is 6.58 Å². The fraction of sp³-hybridized carbons (Fsp3) is 0.315. The van der Waals surface area contributed by atoms with Gasteiger partial charge in [0.25, 0.3) is 8.32 Å². The van der Waals surface area contributed by atoms with Crippen LogP contribution in [0.15, 0.2) is 255 Å². The van der Waals surface area contributed by atoms with E-state index in [1.807, 2.05) is 170 Å². The van der Waals surface area contributed by atoms with E-state index in [2.05, 4.69) is 100 Å². The molecule has 85 heavy (non-hydrogen) atoms. The molecule has 9 atom stereocenters. The first-order valence-corrected chi connectivity index (χ1v) is 31.5. The standard InChI is InChI=1S/C73H80O11Si/c1-5-46-74-53-64-66(76-48-57-32-16-7-17-33-57)68(78-50-59-36-20-9-21-37-59)69(79-51-60-38-22-10-23-39-60)71(82-64)84-73(55-75-47-56-30-14-6-15-31-56)70(80-52-61-40-24-11-25-41-61)67(77-49-58-34-18-8-19-35-58)65(83-73)54-81-85(72(2,3)4,62-42-26-12-27-43-62)63-44-28-13-29-45-63/h5-45,64-71H,1,46-55H2,2-4H3/t64-,65-,66-,67-,68+,69-,70+,71-,73+/m1/s1. The van der Waals surface area contributed by atoms with Crippen molar-refractivity contribution in [3.63, 3.8) is 0 Å². The summed E-state index contributed by atoms with van der Waals surface area (Å²) >= 11 is 0. The SMILES string of the molecule is C=CCOC[C@H]1O[C@H](O[C@]2(COCc3ccccc3)O[C@H](CO[Si](c3ccccc3)(c3ccccc3)C(C)(C)C)[C@@H](OCc3ccccc3)[C@@H]2OCc2ccccc2)[C@H](OCc2ccccc2)[C@@H](OCc2ccccc2)[C@@H]1OCc1ccccc1. The molecule has 0 amide bonds. The van der Waals surface area contributed by atoms with Crippen LogP contribution in [0.25, 0.3) is 0 Å². The van der Waals surface area contributed by atoms with E-state index in [1.165, 1.54) is 0 Å². The van der Waals surface area contributed by atoms with E-state index in [-0.39, 0.29) is 71.1 Å². The van der Waals surface area contributed by atoms with E-state index in [1.54, 1.807) is 6.08 Å². The first kappa shape index (κ1) is 61.4. The van der Waals surface area contributed by atoms with Crippen molar-refractivity contribution < 1.29 is 51.8 Å². The van der Waals surface area contributed by atoms with Crippen molar-refractivity contribution in [1.29, 1.82) is 0 Å². The van der Waals surface area contributed by atoms with Crippen LogP contribution in [0.3, 0.4) is 0 Å². The monoisotopic (exact) mass is 1160 g/mol. The lowest BCUT2D eigenvalue weighted by Gasteiger charge is -2.48. The molecule has 2 aliphatic heterocycles. The molecule has 2 fully saturated rings. The maximum Gasteiger partial charge on any atom is 0.261 e. The summed E-state index contributed by atoms with van der Waals surface area (Å²) < 4.78 is 80.2. The summed E-state index contributed by atoms with van der Waals surface area (Å²) in [5.41, 5.74) is 5.78. The third kappa shape index (κ3) is 16.0. The zero-order valence-corrected chi connectivity index (χ0v) is 50.1. The fourth-order valence-corrected chi connectivity index (χ4v) is 16.0. The molecule has 0 saturated carbocycles. The van der Waals surface area contributed by atoms with Gasteiger partial charge in [-0.25, -0.2) is 0 Å². The molecule has 10 rings (SSSR count). The minimum absolute atomic E-state index is 0.0947. The van der Waals surface area contributed by atoms with Gasteiger partial charge in [-0.2, -0.15) is 0 Å². The van der Waals surface area contributed by atoms with Gasteiger partial charge in [0.2, 0.25) is 5.79 Å². The first-order valence-electron chi connectivity index (χ1n) is 29.6. The van der Waals surface area contributed by atoms with Crippen molar-refractivity contribution >= 4 is 18.7 Å². The molecule has 0 radical (unpaired) electrons. The highest BCUT2D eigenvalue weighted by Gasteiger charge is 2.63. The summed E-state index contributed by atoms with van der Waals surface area (Å²) in [6.45, 7) is 12.4. The molecular formula is C73H80O11Si.